The molecule has 1 aromatic carbocycles. The Morgan fingerprint density at radius 1 is 1.25 bits per heavy atom. The van der Waals surface area contributed by atoms with Gasteiger partial charge < -0.3 is 16.2 Å². The third-order valence-corrected chi connectivity index (χ3v) is 3.56. The molecule has 0 aromatic heterocycles. The van der Waals surface area contributed by atoms with Crippen LogP contribution in [0.2, 0.25) is 0 Å². The van der Waals surface area contributed by atoms with E-state index in [0.717, 1.165) is 41.5 Å². The minimum atomic E-state index is -0.113. The van der Waals surface area contributed by atoms with E-state index in [-0.39, 0.29) is 6.10 Å². The highest BCUT2D eigenvalue weighted by Crippen LogP contribution is 2.27. The van der Waals surface area contributed by atoms with E-state index in [4.69, 9.17) is 5.73 Å². The summed E-state index contributed by atoms with van der Waals surface area (Å²) >= 11 is 3.44. The fraction of sp³-hybridized carbons (Fsp3) is 0.500. The molecule has 2 rings (SSSR count). The second-order valence-electron chi connectivity index (χ2n) is 4.38. The molecule has 1 aromatic rings. The highest BCUT2D eigenvalue weighted by atomic mass is 79.9. The Morgan fingerprint density at radius 2 is 1.94 bits per heavy atom. The number of hydrogen-bond donors (Lipinski definition) is 3. The molecule has 4 heteroatoms. The lowest BCUT2D eigenvalue weighted by Crippen LogP contribution is -2.28. The van der Waals surface area contributed by atoms with Crippen LogP contribution in [0.25, 0.3) is 0 Å². The number of nitrogen functional groups attached to an aromatic ring is 1. The van der Waals surface area contributed by atoms with Gasteiger partial charge in [-0.15, -0.1) is 0 Å². The van der Waals surface area contributed by atoms with Crippen LogP contribution in [0.4, 0.5) is 11.4 Å². The van der Waals surface area contributed by atoms with Crippen LogP contribution in [0.15, 0.2) is 22.7 Å². The standard InChI is InChI=1S/C12H17BrN2O/c13-8-1-6-11(14)12(7-8)15-9-2-4-10(16)5-3-9/h1,6-7,9-10,15-16H,2-5,14H2/t9-,10-. The second kappa shape index (κ2) is 5.06. The Labute approximate surface area is 104 Å². The Morgan fingerprint density at radius 3 is 2.62 bits per heavy atom. The molecular weight excluding hydrogens is 268 g/mol. The van der Waals surface area contributed by atoms with Crippen molar-refractivity contribution in [2.75, 3.05) is 11.1 Å². The van der Waals surface area contributed by atoms with Crippen molar-refractivity contribution in [3.05, 3.63) is 22.7 Å². The first-order valence-electron chi connectivity index (χ1n) is 5.65. The summed E-state index contributed by atoms with van der Waals surface area (Å²) in [5, 5.41) is 12.9. The average Bonchev–Trinajstić information content (AvgIpc) is 2.27. The highest BCUT2D eigenvalue weighted by Gasteiger charge is 2.19. The minimum Gasteiger partial charge on any atom is -0.397 e. The number of benzene rings is 1. The molecule has 0 unspecified atom stereocenters. The lowest BCUT2D eigenvalue weighted by molar-refractivity contribution is 0.126. The molecule has 1 aliphatic carbocycles. The summed E-state index contributed by atoms with van der Waals surface area (Å²) in [7, 11) is 0. The van der Waals surface area contributed by atoms with Gasteiger partial charge in [-0.3, -0.25) is 0 Å². The minimum absolute atomic E-state index is 0.113. The summed E-state index contributed by atoms with van der Waals surface area (Å²) in [6.45, 7) is 0. The van der Waals surface area contributed by atoms with Gasteiger partial charge in [0.15, 0.2) is 0 Å². The maximum Gasteiger partial charge on any atom is 0.0587 e. The summed E-state index contributed by atoms with van der Waals surface area (Å²) < 4.78 is 1.03. The normalized spacial score (nSPS) is 25.4. The number of anilines is 2. The Kier molecular flexibility index (Phi) is 3.71. The van der Waals surface area contributed by atoms with Gasteiger partial charge in [0.25, 0.3) is 0 Å². The van der Waals surface area contributed by atoms with Gasteiger partial charge in [-0.25, -0.2) is 0 Å². The molecule has 0 atom stereocenters. The molecule has 0 radical (unpaired) electrons. The third-order valence-electron chi connectivity index (χ3n) is 3.07. The van der Waals surface area contributed by atoms with Crippen molar-refractivity contribution >= 4 is 27.3 Å². The van der Waals surface area contributed by atoms with Crippen molar-refractivity contribution in [1.82, 2.24) is 0 Å². The zero-order chi connectivity index (χ0) is 11.5. The van der Waals surface area contributed by atoms with Crippen LogP contribution in [0.5, 0.6) is 0 Å². The topological polar surface area (TPSA) is 58.3 Å². The van der Waals surface area contributed by atoms with Gasteiger partial charge >= 0.3 is 0 Å². The number of nitrogens with two attached hydrogens (primary N) is 1. The van der Waals surface area contributed by atoms with Crippen LogP contribution in [-0.4, -0.2) is 17.3 Å². The fourth-order valence-electron chi connectivity index (χ4n) is 2.09. The number of hydrogen-bond acceptors (Lipinski definition) is 3. The molecule has 0 spiro atoms. The van der Waals surface area contributed by atoms with Crippen LogP contribution >= 0.6 is 15.9 Å². The summed E-state index contributed by atoms with van der Waals surface area (Å²) in [5.74, 6) is 0. The first-order chi connectivity index (χ1) is 7.65. The first kappa shape index (κ1) is 11.7. The third kappa shape index (κ3) is 2.89. The van der Waals surface area contributed by atoms with E-state index in [1.54, 1.807) is 0 Å². The van der Waals surface area contributed by atoms with Crippen LogP contribution in [0, 0.1) is 0 Å². The summed E-state index contributed by atoms with van der Waals surface area (Å²) in [6, 6.07) is 6.26. The van der Waals surface area contributed by atoms with E-state index in [1.165, 1.54) is 0 Å². The molecule has 3 nitrogen and oxygen atoms in total. The van der Waals surface area contributed by atoms with Gasteiger partial charge in [0.2, 0.25) is 0 Å². The van der Waals surface area contributed by atoms with Crippen molar-refractivity contribution in [1.29, 1.82) is 0 Å². The highest BCUT2D eigenvalue weighted by molar-refractivity contribution is 9.10. The zero-order valence-corrected chi connectivity index (χ0v) is 10.7. The molecule has 0 amide bonds. The zero-order valence-electron chi connectivity index (χ0n) is 9.12. The number of aliphatic hydroxyl groups excluding tert-OH is 1. The van der Waals surface area contributed by atoms with Crippen LogP contribution in [-0.2, 0) is 0 Å². The van der Waals surface area contributed by atoms with Crippen molar-refractivity contribution in [3.63, 3.8) is 0 Å². The van der Waals surface area contributed by atoms with Crippen molar-refractivity contribution in [2.45, 2.75) is 37.8 Å². The predicted octanol–water partition coefficient (Wildman–Crippen LogP) is 2.75. The van der Waals surface area contributed by atoms with Gasteiger partial charge in [-0.05, 0) is 43.9 Å². The maximum absolute atomic E-state index is 9.43. The van der Waals surface area contributed by atoms with E-state index in [9.17, 15) is 5.11 Å². The van der Waals surface area contributed by atoms with Gasteiger partial charge in [-0.1, -0.05) is 15.9 Å². The number of halogens is 1. The Hall–Kier alpha value is -0.740. The number of rotatable bonds is 2. The summed E-state index contributed by atoms with van der Waals surface area (Å²) in [5.41, 5.74) is 7.66. The molecular formula is C12H17BrN2O. The molecule has 0 saturated heterocycles. The van der Waals surface area contributed by atoms with E-state index in [0.29, 0.717) is 6.04 Å². The molecule has 0 aliphatic heterocycles. The SMILES string of the molecule is Nc1ccc(Br)cc1N[C@H]1CC[C@H](O)CC1. The second-order valence-corrected chi connectivity index (χ2v) is 5.30. The van der Waals surface area contributed by atoms with Crippen LogP contribution < -0.4 is 11.1 Å². The fourth-order valence-corrected chi connectivity index (χ4v) is 2.45. The van der Waals surface area contributed by atoms with Gasteiger partial charge in [0, 0.05) is 10.5 Å². The Bertz CT molecular complexity index is 362. The van der Waals surface area contributed by atoms with Gasteiger partial charge in [0.05, 0.1) is 17.5 Å². The number of aliphatic hydroxyl groups is 1. The molecule has 16 heavy (non-hydrogen) atoms. The van der Waals surface area contributed by atoms with Crippen LogP contribution in [0.1, 0.15) is 25.7 Å². The smallest absolute Gasteiger partial charge is 0.0587 e. The first-order valence-corrected chi connectivity index (χ1v) is 6.44. The van der Waals surface area contributed by atoms with Crippen molar-refractivity contribution in [2.24, 2.45) is 0 Å². The van der Waals surface area contributed by atoms with E-state index in [1.807, 2.05) is 18.2 Å². The Balaban J connectivity index is 2.00. The average molecular weight is 285 g/mol. The quantitative estimate of drug-likeness (QED) is 0.732. The predicted molar refractivity (Wildman–Crippen MR) is 70.4 cm³/mol. The van der Waals surface area contributed by atoms with E-state index >= 15 is 0 Å². The van der Waals surface area contributed by atoms with Crippen molar-refractivity contribution < 1.29 is 5.11 Å². The lowest BCUT2D eigenvalue weighted by Gasteiger charge is -2.27. The molecule has 1 fully saturated rings. The largest absolute Gasteiger partial charge is 0.397 e. The van der Waals surface area contributed by atoms with Gasteiger partial charge in [0.1, 0.15) is 0 Å². The molecule has 88 valence electrons. The molecule has 0 bridgehead atoms. The van der Waals surface area contributed by atoms with E-state index in [2.05, 4.69) is 21.2 Å². The summed E-state index contributed by atoms with van der Waals surface area (Å²) in [6.07, 6.45) is 3.66. The summed E-state index contributed by atoms with van der Waals surface area (Å²) in [4.78, 5) is 0. The lowest BCUT2D eigenvalue weighted by atomic mass is 9.93. The molecule has 1 aliphatic rings. The number of nitrogens with one attached hydrogen (secondary N) is 1. The molecule has 4 N–H and O–H groups in total. The monoisotopic (exact) mass is 284 g/mol. The van der Waals surface area contributed by atoms with E-state index < -0.39 is 0 Å². The van der Waals surface area contributed by atoms with Crippen molar-refractivity contribution in [3.8, 4) is 0 Å². The van der Waals surface area contributed by atoms with Crippen LogP contribution in [0.3, 0.4) is 0 Å². The molecule has 1 saturated carbocycles. The van der Waals surface area contributed by atoms with Gasteiger partial charge in [-0.2, -0.15) is 0 Å². The molecule has 0 heterocycles. The maximum atomic E-state index is 9.43.